The Balaban J connectivity index is 1.76. The molecule has 0 unspecified atom stereocenters. The molecule has 0 spiro atoms. The van der Waals surface area contributed by atoms with Gasteiger partial charge in [-0.3, -0.25) is 4.79 Å². The molecule has 0 amide bonds. The van der Waals surface area contributed by atoms with Crippen molar-refractivity contribution in [3.63, 3.8) is 0 Å². The minimum Gasteiger partial charge on any atom is -0.377 e. The van der Waals surface area contributed by atoms with Gasteiger partial charge in [0.15, 0.2) is 5.78 Å². The predicted molar refractivity (Wildman–Crippen MR) is 83.3 cm³/mol. The average molecular weight is 283 g/mol. The zero-order valence-corrected chi connectivity index (χ0v) is 12.4. The molecule has 4 heteroatoms. The Morgan fingerprint density at radius 1 is 1.33 bits per heavy atom. The van der Waals surface area contributed by atoms with Crippen LogP contribution in [-0.4, -0.2) is 15.3 Å². The van der Waals surface area contributed by atoms with E-state index in [0.29, 0.717) is 6.54 Å². The van der Waals surface area contributed by atoms with Crippen LogP contribution in [0.4, 0.5) is 5.69 Å². The Bertz CT molecular complexity index is 626. The van der Waals surface area contributed by atoms with Crippen LogP contribution in [0.2, 0.25) is 0 Å². The van der Waals surface area contributed by atoms with Crippen LogP contribution in [0.25, 0.3) is 0 Å². The van der Waals surface area contributed by atoms with Crippen LogP contribution in [0, 0.1) is 5.92 Å². The third-order valence-electron chi connectivity index (χ3n) is 4.28. The highest BCUT2D eigenvalue weighted by molar-refractivity contribution is 6.02. The summed E-state index contributed by atoms with van der Waals surface area (Å²) in [5, 5.41) is 3.36. The highest BCUT2D eigenvalue weighted by atomic mass is 16.1. The number of Topliss-reactive ketones (excluding diaryl/α,β-unsaturated/α-hetero) is 1. The average Bonchev–Trinajstić information content (AvgIpc) is 3.16. The highest BCUT2D eigenvalue weighted by Crippen LogP contribution is 2.30. The Morgan fingerprint density at radius 3 is 2.81 bits per heavy atom. The number of imidazole rings is 1. The molecule has 1 N–H and O–H groups in total. The summed E-state index contributed by atoms with van der Waals surface area (Å²) in [6, 6.07) is 7.81. The van der Waals surface area contributed by atoms with E-state index in [1.54, 1.807) is 6.20 Å². The summed E-state index contributed by atoms with van der Waals surface area (Å²) in [5.41, 5.74) is 1.73. The third-order valence-corrected chi connectivity index (χ3v) is 4.28. The molecule has 0 bridgehead atoms. The van der Waals surface area contributed by atoms with E-state index in [9.17, 15) is 4.79 Å². The maximum Gasteiger partial charge on any atom is 0.168 e. The fourth-order valence-corrected chi connectivity index (χ4v) is 3.00. The fourth-order valence-electron chi connectivity index (χ4n) is 3.00. The molecular weight excluding hydrogens is 262 g/mol. The van der Waals surface area contributed by atoms with Gasteiger partial charge in [-0.1, -0.05) is 25.0 Å². The highest BCUT2D eigenvalue weighted by Gasteiger charge is 2.25. The van der Waals surface area contributed by atoms with E-state index in [1.165, 1.54) is 12.8 Å². The molecule has 4 nitrogen and oxygen atoms in total. The number of aryl methyl sites for hydroxylation is 1. The first-order valence-electron chi connectivity index (χ1n) is 7.59. The molecule has 1 fully saturated rings. The van der Waals surface area contributed by atoms with Gasteiger partial charge in [-0.2, -0.15) is 0 Å². The lowest BCUT2D eigenvalue weighted by atomic mass is 9.95. The van der Waals surface area contributed by atoms with Crippen molar-refractivity contribution in [3.8, 4) is 0 Å². The largest absolute Gasteiger partial charge is 0.377 e. The van der Waals surface area contributed by atoms with Crippen LogP contribution in [0.3, 0.4) is 0 Å². The summed E-state index contributed by atoms with van der Waals surface area (Å²) in [4.78, 5) is 16.9. The maximum absolute atomic E-state index is 12.6. The normalized spacial score (nSPS) is 15.3. The molecule has 110 valence electrons. The number of ketones is 1. The van der Waals surface area contributed by atoms with Crippen molar-refractivity contribution in [2.24, 2.45) is 13.0 Å². The van der Waals surface area contributed by atoms with Crippen LogP contribution in [0.5, 0.6) is 0 Å². The van der Waals surface area contributed by atoms with Gasteiger partial charge in [-0.15, -0.1) is 0 Å². The summed E-state index contributed by atoms with van der Waals surface area (Å²) in [7, 11) is 1.97. The first kappa shape index (κ1) is 13.9. The first-order chi connectivity index (χ1) is 10.3. The molecule has 1 aromatic heterocycles. The number of hydrogen-bond donors (Lipinski definition) is 1. The number of anilines is 1. The minimum absolute atomic E-state index is 0.209. The van der Waals surface area contributed by atoms with Crippen LogP contribution >= 0.6 is 0 Å². The van der Waals surface area contributed by atoms with Gasteiger partial charge in [-0.05, 0) is 25.0 Å². The summed E-state index contributed by atoms with van der Waals surface area (Å²) in [6.07, 6.45) is 8.14. The second kappa shape index (κ2) is 6.12. The summed E-state index contributed by atoms with van der Waals surface area (Å²) in [5.74, 6) is 1.45. The molecule has 0 radical (unpaired) electrons. The molecule has 0 saturated heterocycles. The SMILES string of the molecule is Cn1ccnc1CNc1ccccc1C(=O)C1CCCC1. The van der Waals surface area contributed by atoms with Crippen molar-refractivity contribution in [2.45, 2.75) is 32.2 Å². The van der Waals surface area contributed by atoms with Gasteiger partial charge in [0.2, 0.25) is 0 Å². The van der Waals surface area contributed by atoms with E-state index < -0.39 is 0 Å². The quantitative estimate of drug-likeness (QED) is 0.855. The predicted octanol–water partition coefficient (Wildman–Crippen LogP) is 3.41. The number of carbonyl (C=O) groups excluding carboxylic acids is 1. The second-order valence-electron chi connectivity index (χ2n) is 5.70. The zero-order chi connectivity index (χ0) is 14.7. The molecule has 21 heavy (non-hydrogen) atoms. The number of nitrogens with zero attached hydrogens (tertiary/aromatic N) is 2. The molecule has 1 aliphatic carbocycles. The van der Waals surface area contributed by atoms with Gasteiger partial charge < -0.3 is 9.88 Å². The van der Waals surface area contributed by atoms with Gasteiger partial charge in [0.25, 0.3) is 0 Å². The van der Waals surface area contributed by atoms with Gasteiger partial charge in [-0.25, -0.2) is 4.98 Å². The summed E-state index contributed by atoms with van der Waals surface area (Å²) >= 11 is 0. The van der Waals surface area contributed by atoms with E-state index in [-0.39, 0.29) is 11.7 Å². The van der Waals surface area contributed by atoms with Gasteiger partial charge in [0.1, 0.15) is 5.82 Å². The third kappa shape index (κ3) is 2.99. The van der Waals surface area contributed by atoms with Crippen molar-refractivity contribution >= 4 is 11.5 Å². The second-order valence-corrected chi connectivity index (χ2v) is 5.70. The fraction of sp³-hybridized carbons (Fsp3) is 0.412. The zero-order valence-electron chi connectivity index (χ0n) is 12.4. The lowest BCUT2D eigenvalue weighted by Gasteiger charge is -2.14. The number of aromatic nitrogens is 2. The molecule has 2 aromatic rings. The summed E-state index contributed by atoms with van der Waals surface area (Å²) < 4.78 is 1.98. The van der Waals surface area contributed by atoms with Gasteiger partial charge in [0.05, 0.1) is 6.54 Å². The standard InChI is InChI=1S/C17H21N3O/c1-20-11-10-18-16(20)12-19-15-9-5-4-8-14(15)17(21)13-6-2-3-7-13/h4-5,8-11,13,19H,2-3,6-7,12H2,1H3. The number of rotatable bonds is 5. The Labute approximate surface area is 125 Å². The first-order valence-corrected chi connectivity index (χ1v) is 7.59. The van der Waals surface area contributed by atoms with E-state index in [2.05, 4.69) is 10.3 Å². The van der Waals surface area contributed by atoms with Crippen molar-refractivity contribution in [2.75, 3.05) is 5.32 Å². The molecule has 0 atom stereocenters. The molecule has 0 aliphatic heterocycles. The number of benzene rings is 1. The van der Waals surface area contributed by atoms with Crippen LogP contribution < -0.4 is 5.32 Å². The van der Waals surface area contributed by atoms with Gasteiger partial charge >= 0.3 is 0 Å². The van der Waals surface area contributed by atoms with Crippen LogP contribution in [-0.2, 0) is 13.6 Å². The number of para-hydroxylation sites is 1. The maximum atomic E-state index is 12.6. The molecule has 1 aliphatic rings. The molecule has 1 aromatic carbocycles. The van der Waals surface area contributed by atoms with Gasteiger partial charge in [0, 0.05) is 36.6 Å². The topological polar surface area (TPSA) is 46.9 Å². The Morgan fingerprint density at radius 2 is 2.10 bits per heavy atom. The van der Waals surface area contributed by atoms with Crippen molar-refractivity contribution < 1.29 is 4.79 Å². The minimum atomic E-state index is 0.209. The van der Waals surface area contributed by atoms with Crippen LogP contribution in [0.15, 0.2) is 36.7 Å². The lowest BCUT2D eigenvalue weighted by molar-refractivity contribution is 0.0923. The van der Waals surface area contributed by atoms with E-state index in [0.717, 1.165) is 29.9 Å². The molecular formula is C17H21N3O. The molecule has 3 rings (SSSR count). The molecule has 1 heterocycles. The van der Waals surface area contributed by atoms with Crippen molar-refractivity contribution in [3.05, 3.63) is 48.0 Å². The lowest BCUT2D eigenvalue weighted by Crippen LogP contribution is -2.14. The Hall–Kier alpha value is -2.10. The number of carbonyl (C=O) groups is 1. The van der Waals surface area contributed by atoms with E-state index in [1.807, 2.05) is 42.1 Å². The smallest absolute Gasteiger partial charge is 0.168 e. The summed E-state index contributed by atoms with van der Waals surface area (Å²) in [6.45, 7) is 0.623. The molecule has 1 saturated carbocycles. The Kier molecular flexibility index (Phi) is 4.04. The van der Waals surface area contributed by atoms with Crippen molar-refractivity contribution in [1.82, 2.24) is 9.55 Å². The van der Waals surface area contributed by atoms with E-state index in [4.69, 9.17) is 0 Å². The van der Waals surface area contributed by atoms with Crippen molar-refractivity contribution in [1.29, 1.82) is 0 Å². The monoisotopic (exact) mass is 283 g/mol. The number of hydrogen-bond acceptors (Lipinski definition) is 3. The van der Waals surface area contributed by atoms with Crippen LogP contribution in [0.1, 0.15) is 41.9 Å². The number of nitrogens with one attached hydrogen (secondary N) is 1. The van der Waals surface area contributed by atoms with E-state index >= 15 is 0 Å².